The van der Waals surface area contributed by atoms with Crippen LogP contribution in [0.1, 0.15) is 16.1 Å². The van der Waals surface area contributed by atoms with E-state index in [-0.39, 0.29) is 17.2 Å². The lowest BCUT2D eigenvalue weighted by Crippen LogP contribution is -2.13. The van der Waals surface area contributed by atoms with Gasteiger partial charge < -0.3 is 9.63 Å². The van der Waals surface area contributed by atoms with Gasteiger partial charge in [0.15, 0.2) is 0 Å². The summed E-state index contributed by atoms with van der Waals surface area (Å²) < 4.78 is 4.87. The number of hydrogen-bond acceptors (Lipinski definition) is 5. The summed E-state index contributed by atoms with van der Waals surface area (Å²) in [5.41, 5.74) is 0.910. The molecular formula is C13H12N2O4S. The van der Waals surface area contributed by atoms with Crippen LogP contribution in [0.25, 0.3) is 0 Å². The first kappa shape index (κ1) is 14.1. The fourth-order valence-electron chi connectivity index (χ4n) is 1.44. The van der Waals surface area contributed by atoms with Gasteiger partial charge in [0, 0.05) is 11.0 Å². The Bertz CT molecular complexity index is 622. The van der Waals surface area contributed by atoms with Gasteiger partial charge in [0.2, 0.25) is 11.8 Å². The molecule has 2 rings (SSSR count). The molecule has 0 aliphatic heterocycles. The largest absolute Gasteiger partial charge is 0.478 e. The van der Waals surface area contributed by atoms with Crippen LogP contribution in [-0.4, -0.2) is 27.9 Å². The van der Waals surface area contributed by atoms with Crippen molar-refractivity contribution >= 4 is 29.5 Å². The Morgan fingerprint density at radius 1 is 1.35 bits per heavy atom. The van der Waals surface area contributed by atoms with Gasteiger partial charge >= 0.3 is 5.97 Å². The number of amides is 1. The Morgan fingerprint density at radius 2 is 2.05 bits per heavy atom. The third-order valence-electron chi connectivity index (χ3n) is 2.36. The van der Waals surface area contributed by atoms with Crippen LogP contribution >= 0.6 is 11.8 Å². The van der Waals surface area contributed by atoms with E-state index in [1.165, 1.54) is 23.9 Å². The molecule has 0 radical (unpaired) electrons. The predicted octanol–water partition coefficient (Wildman–Crippen LogP) is 2.41. The van der Waals surface area contributed by atoms with Crippen LogP contribution in [0.3, 0.4) is 0 Å². The number of aromatic carboxylic acids is 1. The standard InChI is InChI=1S/C13H12N2O4S/c1-8-6-12(19-15-8)14-11(16)7-20-10-4-2-9(3-5-10)13(17)18/h2-6H,7H2,1H3,(H,14,16)(H,17,18). The molecule has 0 atom stereocenters. The predicted molar refractivity (Wildman–Crippen MR) is 74.0 cm³/mol. The van der Waals surface area contributed by atoms with Crippen molar-refractivity contribution in [1.82, 2.24) is 5.16 Å². The Hall–Kier alpha value is -2.28. The number of carboxylic acids is 1. The third-order valence-corrected chi connectivity index (χ3v) is 3.37. The van der Waals surface area contributed by atoms with Gasteiger partial charge in [-0.3, -0.25) is 10.1 Å². The molecule has 2 N–H and O–H groups in total. The molecule has 104 valence electrons. The van der Waals surface area contributed by atoms with Crippen molar-refractivity contribution in [2.24, 2.45) is 0 Å². The number of rotatable bonds is 5. The number of carboxylic acid groups (broad SMARTS) is 1. The Balaban J connectivity index is 1.85. The number of anilines is 1. The van der Waals surface area contributed by atoms with Crippen molar-refractivity contribution in [2.45, 2.75) is 11.8 Å². The van der Waals surface area contributed by atoms with Crippen molar-refractivity contribution in [3.8, 4) is 0 Å². The van der Waals surface area contributed by atoms with Crippen molar-refractivity contribution in [2.75, 3.05) is 11.1 Å². The molecule has 1 heterocycles. The number of aryl methyl sites for hydroxylation is 1. The average Bonchev–Trinajstić information content (AvgIpc) is 2.82. The van der Waals surface area contributed by atoms with E-state index in [2.05, 4.69) is 10.5 Å². The maximum absolute atomic E-state index is 11.7. The maximum Gasteiger partial charge on any atom is 0.335 e. The van der Waals surface area contributed by atoms with Crippen molar-refractivity contribution in [3.05, 3.63) is 41.6 Å². The minimum atomic E-state index is -0.972. The summed E-state index contributed by atoms with van der Waals surface area (Å²) in [6, 6.07) is 7.97. The van der Waals surface area contributed by atoms with Gasteiger partial charge in [0.1, 0.15) is 0 Å². The molecule has 20 heavy (non-hydrogen) atoms. The highest BCUT2D eigenvalue weighted by Gasteiger charge is 2.08. The molecule has 1 aromatic heterocycles. The summed E-state index contributed by atoms with van der Waals surface area (Å²) in [6.07, 6.45) is 0. The Morgan fingerprint density at radius 3 is 2.60 bits per heavy atom. The zero-order valence-electron chi connectivity index (χ0n) is 10.6. The van der Waals surface area contributed by atoms with Gasteiger partial charge in [-0.25, -0.2) is 4.79 Å². The fourth-order valence-corrected chi connectivity index (χ4v) is 2.14. The highest BCUT2D eigenvalue weighted by molar-refractivity contribution is 8.00. The van der Waals surface area contributed by atoms with Gasteiger partial charge in [-0.1, -0.05) is 5.16 Å². The van der Waals surface area contributed by atoms with E-state index in [1.54, 1.807) is 25.1 Å². The number of aromatic nitrogens is 1. The lowest BCUT2D eigenvalue weighted by molar-refractivity contribution is -0.113. The zero-order valence-corrected chi connectivity index (χ0v) is 11.4. The second kappa shape index (κ2) is 6.25. The lowest BCUT2D eigenvalue weighted by Gasteiger charge is -2.02. The zero-order chi connectivity index (χ0) is 14.5. The lowest BCUT2D eigenvalue weighted by atomic mass is 10.2. The van der Waals surface area contributed by atoms with Gasteiger partial charge in [0.05, 0.1) is 17.0 Å². The quantitative estimate of drug-likeness (QED) is 0.822. The molecular weight excluding hydrogens is 280 g/mol. The number of nitrogens with zero attached hydrogens (tertiary/aromatic N) is 1. The van der Waals surface area contributed by atoms with Crippen molar-refractivity contribution in [1.29, 1.82) is 0 Å². The first-order chi connectivity index (χ1) is 9.54. The summed E-state index contributed by atoms with van der Waals surface area (Å²) in [5.74, 6) is -0.672. The topological polar surface area (TPSA) is 92.4 Å². The molecule has 0 aliphatic carbocycles. The van der Waals surface area contributed by atoms with Gasteiger partial charge in [0.25, 0.3) is 0 Å². The second-order valence-corrected chi connectivity index (χ2v) is 5.05. The number of thioether (sulfide) groups is 1. The normalized spacial score (nSPS) is 10.2. The number of carbonyl (C=O) groups is 2. The molecule has 1 aromatic carbocycles. The first-order valence-corrected chi connectivity index (χ1v) is 6.72. The van der Waals surface area contributed by atoms with E-state index in [9.17, 15) is 9.59 Å². The monoisotopic (exact) mass is 292 g/mol. The molecule has 0 saturated heterocycles. The van der Waals surface area contributed by atoms with E-state index in [4.69, 9.17) is 9.63 Å². The number of carbonyl (C=O) groups excluding carboxylic acids is 1. The number of benzene rings is 1. The molecule has 6 nitrogen and oxygen atoms in total. The summed E-state index contributed by atoms with van der Waals surface area (Å²) >= 11 is 1.31. The van der Waals surface area contributed by atoms with Gasteiger partial charge in [-0.2, -0.15) is 0 Å². The van der Waals surface area contributed by atoms with E-state index in [1.807, 2.05) is 0 Å². The molecule has 0 bridgehead atoms. The summed E-state index contributed by atoms with van der Waals surface area (Å²) in [4.78, 5) is 23.2. The molecule has 2 aromatic rings. The van der Waals surface area contributed by atoms with Crippen molar-refractivity contribution < 1.29 is 19.2 Å². The molecule has 0 fully saturated rings. The fraction of sp³-hybridized carbons (Fsp3) is 0.154. The molecule has 7 heteroatoms. The van der Waals surface area contributed by atoms with Gasteiger partial charge in [-0.05, 0) is 31.2 Å². The van der Waals surface area contributed by atoms with Crippen LogP contribution in [0.15, 0.2) is 39.8 Å². The molecule has 0 aliphatic rings. The van der Waals surface area contributed by atoms with Crippen LogP contribution in [0.2, 0.25) is 0 Å². The van der Waals surface area contributed by atoms with Crippen LogP contribution in [0, 0.1) is 6.92 Å². The number of nitrogens with one attached hydrogen (secondary N) is 1. The number of hydrogen-bond donors (Lipinski definition) is 2. The smallest absolute Gasteiger partial charge is 0.335 e. The van der Waals surface area contributed by atoms with E-state index in [0.717, 1.165) is 4.90 Å². The molecule has 0 unspecified atom stereocenters. The van der Waals surface area contributed by atoms with E-state index >= 15 is 0 Å². The van der Waals surface area contributed by atoms with Crippen LogP contribution < -0.4 is 5.32 Å². The third kappa shape index (κ3) is 3.86. The first-order valence-electron chi connectivity index (χ1n) is 5.74. The Kier molecular flexibility index (Phi) is 4.41. The maximum atomic E-state index is 11.7. The summed E-state index contributed by atoms with van der Waals surface area (Å²) in [5, 5.41) is 15.0. The second-order valence-electron chi connectivity index (χ2n) is 4.00. The van der Waals surface area contributed by atoms with Gasteiger partial charge in [-0.15, -0.1) is 11.8 Å². The summed E-state index contributed by atoms with van der Waals surface area (Å²) in [7, 11) is 0. The highest BCUT2D eigenvalue weighted by Crippen LogP contribution is 2.19. The SMILES string of the molecule is Cc1cc(NC(=O)CSc2ccc(C(=O)O)cc2)on1. The summed E-state index contributed by atoms with van der Waals surface area (Å²) in [6.45, 7) is 1.76. The average molecular weight is 292 g/mol. The van der Waals surface area contributed by atoms with E-state index in [0.29, 0.717) is 11.6 Å². The van der Waals surface area contributed by atoms with Crippen LogP contribution in [0.4, 0.5) is 5.88 Å². The van der Waals surface area contributed by atoms with Crippen molar-refractivity contribution in [3.63, 3.8) is 0 Å². The molecule has 0 saturated carbocycles. The van der Waals surface area contributed by atoms with Crippen LogP contribution in [-0.2, 0) is 4.79 Å². The minimum Gasteiger partial charge on any atom is -0.478 e. The Labute approximate surface area is 119 Å². The minimum absolute atomic E-state index is 0.201. The van der Waals surface area contributed by atoms with E-state index < -0.39 is 5.97 Å². The highest BCUT2D eigenvalue weighted by atomic mass is 32.2. The molecule has 1 amide bonds. The van der Waals surface area contributed by atoms with Crippen LogP contribution in [0.5, 0.6) is 0 Å². The molecule has 0 spiro atoms.